The van der Waals surface area contributed by atoms with Crippen molar-refractivity contribution in [2.45, 2.75) is 55.3 Å². The number of nitrogens with one attached hydrogen (secondary N) is 1. The molecule has 1 fully saturated rings. The van der Waals surface area contributed by atoms with E-state index in [1.54, 1.807) is 13.8 Å². The summed E-state index contributed by atoms with van der Waals surface area (Å²) in [5.41, 5.74) is -1.89. The van der Waals surface area contributed by atoms with Crippen LogP contribution in [0, 0.1) is 29.3 Å². The maximum atomic E-state index is 13.9. The van der Waals surface area contributed by atoms with Crippen LogP contribution in [-0.4, -0.2) is 43.1 Å². The molecular formula is C27H30ClF3N2O5S. The fourth-order valence-corrected chi connectivity index (χ4v) is 7.71. The van der Waals surface area contributed by atoms with Crippen molar-refractivity contribution in [1.82, 2.24) is 0 Å². The van der Waals surface area contributed by atoms with E-state index in [-0.39, 0.29) is 46.5 Å². The largest absolute Gasteiger partial charge is 0.392 e. The average molecular weight is 587 g/mol. The molecule has 0 aromatic heterocycles. The van der Waals surface area contributed by atoms with Gasteiger partial charge in [0.05, 0.1) is 21.4 Å². The van der Waals surface area contributed by atoms with Crippen molar-refractivity contribution in [1.29, 1.82) is 0 Å². The summed E-state index contributed by atoms with van der Waals surface area (Å²) in [5, 5.41) is 16.1. The smallest absolute Gasteiger partial charge is 0.255 e. The molecule has 2 unspecified atom stereocenters. The maximum Gasteiger partial charge on any atom is 0.255 e. The quantitative estimate of drug-likeness (QED) is 0.112. The highest BCUT2D eigenvalue weighted by Gasteiger charge is 2.46. The molecule has 0 radical (unpaired) electrons. The molecule has 4 atom stereocenters. The number of benzene rings is 2. The minimum absolute atomic E-state index is 0.103. The van der Waals surface area contributed by atoms with E-state index < -0.39 is 50.0 Å². The lowest BCUT2D eigenvalue weighted by Gasteiger charge is -2.30. The number of amides is 1. The van der Waals surface area contributed by atoms with Crippen molar-refractivity contribution in [3.63, 3.8) is 0 Å². The van der Waals surface area contributed by atoms with Gasteiger partial charge in [-0.1, -0.05) is 43.3 Å². The molecule has 7 nitrogen and oxygen atoms in total. The third-order valence-electron chi connectivity index (χ3n) is 6.91. The lowest BCUT2D eigenvalue weighted by Crippen LogP contribution is -2.38. The van der Waals surface area contributed by atoms with Crippen LogP contribution in [0.5, 0.6) is 0 Å². The van der Waals surface area contributed by atoms with E-state index in [9.17, 15) is 31.5 Å². The molecule has 0 bridgehead atoms. The molecular weight excluding hydrogens is 557 g/mol. The highest BCUT2D eigenvalue weighted by atomic mass is 35.5. The topological polar surface area (TPSA) is 105 Å². The van der Waals surface area contributed by atoms with Crippen LogP contribution in [0.3, 0.4) is 0 Å². The van der Waals surface area contributed by atoms with Gasteiger partial charge in [-0.2, -0.15) is 0 Å². The van der Waals surface area contributed by atoms with Crippen LogP contribution in [-0.2, 0) is 14.7 Å². The van der Waals surface area contributed by atoms with Crippen LogP contribution in [0.2, 0.25) is 5.02 Å². The molecule has 1 aliphatic rings. The minimum atomic E-state index is -4.11. The van der Waals surface area contributed by atoms with E-state index >= 15 is 0 Å². The zero-order valence-electron chi connectivity index (χ0n) is 21.5. The third-order valence-corrected chi connectivity index (χ3v) is 9.86. The van der Waals surface area contributed by atoms with Gasteiger partial charge in [0.25, 0.3) is 5.91 Å². The number of aliphatic hydroxyl groups is 1. The lowest BCUT2D eigenvalue weighted by atomic mass is 9.87. The molecule has 12 heteroatoms. The van der Waals surface area contributed by atoms with Crippen molar-refractivity contribution in [3.05, 3.63) is 71.0 Å². The van der Waals surface area contributed by atoms with Gasteiger partial charge in [0, 0.05) is 23.4 Å². The van der Waals surface area contributed by atoms with Crippen LogP contribution >= 0.6 is 11.6 Å². The Labute approximate surface area is 230 Å². The number of oxime groups is 1. The number of anilines is 1. The third kappa shape index (κ3) is 7.01. The van der Waals surface area contributed by atoms with Crippen molar-refractivity contribution in [2.24, 2.45) is 17.0 Å². The second-order valence-corrected chi connectivity index (χ2v) is 12.1. The predicted molar refractivity (Wildman–Crippen MR) is 143 cm³/mol. The molecule has 2 aromatic rings. The van der Waals surface area contributed by atoms with Gasteiger partial charge in [-0.05, 0) is 55.7 Å². The first kappa shape index (κ1) is 30.6. The summed E-state index contributed by atoms with van der Waals surface area (Å²) in [5.74, 6) is -6.25. The Balaban J connectivity index is 1.90. The Hall–Kier alpha value is -2.89. The van der Waals surface area contributed by atoms with Crippen LogP contribution in [0.4, 0.5) is 18.9 Å². The molecule has 0 spiro atoms. The molecule has 1 saturated carbocycles. The highest BCUT2D eigenvalue weighted by molar-refractivity contribution is 7.92. The van der Waals surface area contributed by atoms with Gasteiger partial charge in [-0.25, -0.2) is 21.6 Å². The van der Waals surface area contributed by atoms with Crippen LogP contribution in [0.15, 0.2) is 53.0 Å². The Morgan fingerprint density at radius 1 is 1.26 bits per heavy atom. The minimum Gasteiger partial charge on any atom is -0.392 e. The first-order chi connectivity index (χ1) is 18.3. The number of hydrogen-bond donors (Lipinski definition) is 2. The van der Waals surface area contributed by atoms with E-state index in [1.165, 1.54) is 24.4 Å². The Morgan fingerprint density at radius 2 is 1.92 bits per heavy atom. The summed E-state index contributed by atoms with van der Waals surface area (Å²) >= 11 is 6.29. The van der Waals surface area contributed by atoms with Gasteiger partial charge >= 0.3 is 0 Å². The summed E-state index contributed by atoms with van der Waals surface area (Å²) in [4.78, 5) is 17.5. The number of carbonyl (C=O) groups is 1. The molecule has 0 aliphatic heterocycles. The van der Waals surface area contributed by atoms with E-state index in [0.29, 0.717) is 25.0 Å². The molecule has 1 aliphatic carbocycles. The summed E-state index contributed by atoms with van der Waals surface area (Å²) in [6, 6.07) is 4.82. The molecule has 2 aromatic carbocycles. The zero-order chi connectivity index (χ0) is 29.0. The molecule has 39 heavy (non-hydrogen) atoms. The van der Waals surface area contributed by atoms with Crippen molar-refractivity contribution in [3.8, 4) is 0 Å². The number of hydrogen-bond acceptors (Lipinski definition) is 6. The molecule has 3 rings (SSSR count). The molecule has 0 saturated heterocycles. The normalized spacial score (nSPS) is 21.1. The summed E-state index contributed by atoms with van der Waals surface area (Å²) in [6.45, 7) is 7.22. The van der Waals surface area contributed by atoms with E-state index in [2.05, 4.69) is 17.1 Å². The van der Waals surface area contributed by atoms with Gasteiger partial charge in [0.2, 0.25) is 0 Å². The first-order valence-electron chi connectivity index (χ1n) is 12.3. The average Bonchev–Trinajstić information content (AvgIpc) is 3.25. The SMILES string of the molecule is C=CCO/N=C/[C@](O)(CC)C[C@@H]1CCC(C)C1S(=O)(=O)c1cc(C(=O)Nc2cc(F)c(F)c(F)c2)ccc1Cl. The van der Waals surface area contributed by atoms with Crippen LogP contribution in [0.25, 0.3) is 0 Å². The van der Waals surface area contributed by atoms with E-state index in [4.69, 9.17) is 16.4 Å². The highest BCUT2D eigenvalue weighted by Crippen LogP contribution is 2.44. The molecule has 0 heterocycles. The summed E-state index contributed by atoms with van der Waals surface area (Å²) in [7, 11) is -4.11. The fourth-order valence-electron chi connectivity index (χ4n) is 4.86. The molecule has 2 N–H and O–H groups in total. The fraction of sp³-hybridized carbons (Fsp3) is 0.407. The van der Waals surface area contributed by atoms with Gasteiger partial charge < -0.3 is 15.3 Å². The van der Waals surface area contributed by atoms with Gasteiger partial charge in [-0.15, -0.1) is 0 Å². The van der Waals surface area contributed by atoms with Gasteiger partial charge in [-0.3, -0.25) is 4.79 Å². The van der Waals surface area contributed by atoms with Gasteiger partial charge in [0.15, 0.2) is 27.3 Å². The predicted octanol–water partition coefficient (Wildman–Crippen LogP) is 5.92. The number of carbonyl (C=O) groups excluding carboxylic acids is 1. The van der Waals surface area contributed by atoms with E-state index in [0.717, 1.165) is 6.07 Å². The summed E-state index contributed by atoms with van der Waals surface area (Å²) < 4.78 is 68.2. The monoisotopic (exact) mass is 586 g/mol. The van der Waals surface area contributed by atoms with Crippen molar-refractivity contribution >= 4 is 39.2 Å². The van der Waals surface area contributed by atoms with Crippen LogP contribution in [0.1, 0.15) is 49.9 Å². The number of halogens is 4. The number of rotatable bonds is 11. The number of sulfone groups is 1. The summed E-state index contributed by atoms with van der Waals surface area (Å²) in [6.07, 6.45) is 4.27. The first-order valence-corrected chi connectivity index (χ1v) is 14.2. The second-order valence-electron chi connectivity index (χ2n) is 9.66. The van der Waals surface area contributed by atoms with E-state index in [1.807, 2.05) is 0 Å². The van der Waals surface area contributed by atoms with Crippen molar-refractivity contribution in [2.75, 3.05) is 11.9 Å². The van der Waals surface area contributed by atoms with Crippen LogP contribution < -0.4 is 5.32 Å². The second kappa shape index (κ2) is 12.5. The van der Waals surface area contributed by atoms with Gasteiger partial charge in [0.1, 0.15) is 12.2 Å². The lowest BCUT2D eigenvalue weighted by molar-refractivity contribution is 0.0773. The zero-order valence-corrected chi connectivity index (χ0v) is 23.0. The maximum absolute atomic E-state index is 13.9. The number of nitrogens with zero attached hydrogens (tertiary/aromatic N) is 1. The van der Waals surface area contributed by atoms with Crippen molar-refractivity contribution < 1.29 is 36.3 Å². The Bertz CT molecular complexity index is 1350. The Kier molecular flexibility index (Phi) is 9.84. The Morgan fingerprint density at radius 3 is 2.54 bits per heavy atom. The molecule has 1 amide bonds. The standard InChI is InChI=1S/C27H30ClF3N2O5S/c1-4-10-38-32-15-27(35,5-2)14-18-7-6-16(3)25(18)39(36,37)23-11-17(8-9-20(23)28)26(34)33-19-12-21(29)24(31)22(30)13-19/h4,8-9,11-13,15-16,18,25,35H,1,5-7,10,14H2,2-3H3,(H,33,34)/b32-15+/t16?,18-,25?,27-/m0/s1. The molecule has 212 valence electrons.